The number of hydrogen-bond acceptors (Lipinski definition) is 5. The Kier molecular flexibility index (Phi) is 14.9. The van der Waals surface area contributed by atoms with Crippen molar-refractivity contribution >= 4 is 0 Å². The van der Waals surface area contributed by atoms with Gasteiger partial charge in [0, 0.05) is 22.3 Å². The molecule has 4 aromatic carbocycles. The normalized spacial score (nSPS) is 9.02. The van der Waals surface area contributed by atoms with E-state index < -0.39 is 0 Å². The summed E-state index contributed by atoms with van der Waals surface area (Å²) < 4.78 is 8.19. The molecular formula is C36H24O5V. The van der Waals surface area contributed by atoms with Gasteiger partial charge in [-0.25, -0.2) is 0 Å². The predicted octanol–water partition coefficient (Wildman–Crippen LogP) is 5.99. The molecule has 0 bridgehead atoms. The van der Waals surface area contributed by atoms with E-state index in [1.807, 2.05) is 24.3 Å². The predicted molar refractivity (Wildman–Crippen MR) is 159 cm³/mol. The molecule has 0 aliphatic rings. The van der Waals surface area contributed by atoms with Gasteiger partial charge in [0.05, 0.1) is 0 Å². The van der Waals surface area contributed by atoms with E-state index in [4.69, 9.17) is 3.67 Å². The van der Waals surface area contributed by atoms with Crippen molar-refractivity contribution in [3.05, 3.63) is 144 Å². The molecule has 0 aliphatic carbocycles. The zero-order valence-corrected chi connectivity index (χ0v) is 23.6. The van der Waals surface area contributed by atoms with Crippen LogP contribution in [0.2, 0.25) is 0 Å². The summed E-state index contributed by atoms with van der Waals surface area (Å²) in [5.74, 6) is 23.7. The van der Waals surface area contributed by atoms with E-state index in [2.05, 4.69) is 47.4 Å². The number of aromatic hydroxyl groups is 4. The second-order valence-corrected chi connectivity index (χ2v) is 7.95. The van der Waals surface area contributed by atoms with Crippen molar-refractivity contribution in [2.75, 3.05) is 0 Å². The Labute approximate surface area is 254 Å². The first-order chi connectivity index (χ1) is 20.5. The third kappa shape index (κ3) is 13.8. The molecule has 4 rings (SSSR count). The molecule has 0 amide bonds. The van der Waals surface area contributed by atoms with Gasteiger partial charge in [-0.05, 0) is 97.1 Å². The Hall–Kier alpha value is -5.82. The number of benzene rings is 4. The van der Waals surface area contributed by atoms with E-state index in [-0.39, 0.29) is 23.0 Å². The van der Waals surface area contributed by atoms with Crippen molar-refractivity contribution in [2.24, 2.45) is 0 Å². The minimum absolute atomic E-state index is 0.199. The quantitative estimate of drug-likeness (QED) is 0.190. The van der Waals surface area contributed by atoms with Crippen LogP contribution in [0.25, 0.3) is 0 Å². The second kappa shape index (κ2) is 19.3. The zero-order valence-electron chi connectivity index (χ0n) is 22.2. The molecule has 0 aromatic heterocycles. The van der Waals surface area contributed by atoms with Crippen LogP contribution < -0.4 is 0 Å². The van der Waals surface area contributed by atoms with Gasteiger partial charge >= 0.3 is 21.0 Å². The molecule has 0 unspecified atom stereocenters. The summed E-state index contributed by atoms with van der Waals surface area (Å²) in [5.41, 5.74) is 2.98. The van der Waals surface area contributed by atoms with Crippen molar-refractivity contribution < 1.29 is 41.5 Å². The second-order valence-electron chi connectivity index (χ2n) is 7.95. The molecule has 203 valence electrons. The van der Waals surface area contributed by atoms with Crippen molar-refractivity contribution in [1.82, 2.24) is 0 Å². The molecule has 0 radical (unpaired) electrons. The van der Waals surface area contributed by atoms with Gasteiger partial charge in [0.15, 0.2) is 0 Å². The topological polar surface area (TPSA) is 98.0 Å². The molecule has 0 atom stereocenters. The number of hydrogen-bond donors (Lipinski definition) is 4. The summed E-state index contributed by atoms with van der Waals surface area (Å²) in [6, 6.07) is 27.0. The molecule has 0 heterocycles. The molecular weight excluding hydrogens is 563 g/mol. The van der Waals surface area contributed by atoms with Gasteiger partial charge in [-0.15, -0.1) is 0 Å². The van der Waals surface area contributed by atoms with E-state index in [9.17, 15) is 20.4 Å². The van der Waals surface area contributed by atoms with Crippen LogP contribution in [-0.2, 0) is 21.0 Å². The molecule has 6 heteroatoms. The van der Waals surface area contributed by atoms with Gasteiger partial charge in [0.2, 0.25) is 0 Å². The zero-order chi connectivity index (χ0) is 30.4. The summed E-state index contributed by atoms with van der Waals surface area (Å²) >= 11 is 1.06. The van der Waals surface area contributed by atoms with Crippen molar-refractivity contribution in [3.63, 3.8) is 0 Å². The molecule has 4 N–H and O–H groups in total. The first-order valence-electron chi connectivity index (χ1n) is 12.2. The van der Waals surface area contributed by atoms with Crippen LogP contribution in [-0.4, -0.2) is 20.4 Å². The monoisotopic (exact) mass is 587 g/mol. The minimum atomic E-state index is 0.199. The van der Waals surface area contributed by atoms with E-state index >= 15 is 0 Å². The Morgan fingerprint density at radius 3 is 0.810 bits per heavy atom. The Morgan fingerprint density at radius 2 is 0.619 bits per heavy atom. The van der Waals surface area contributed by atoms with Crippen molar-refractivity contribution in [2.45, 2.75) is 0 Å². The van der Waals surface area contributed by atoms with Crippen LogP contribution in [0, 0.1) is 47.4 Å². The molecule has 0 fully saturated rings. The molecule has 0 saturated heterocycles. The van der Waals surface area contributed by atoms with Gasteiger partial charge in [0.1, 0.15) is 23.0 Å². The molecule has 0 spiro atoms. The van der Waals surface area contributed by atoms with Crippen molar-refractivity contribution in [1.29, 1.82) is 0 Å². The number of phenolic OH excluding ortho intramolecular Hbond substituents is 4. The Bertz CT molecular complexity index is 1530. The Morgan fingerprint density at radius 1 is 0.405 bits per heavy atom. The van der Waals surface area contributed by atoms with E-state index in [1.54, 1.807) is 97.1 Å². The standard InChI is InChI=1S/2C18H12O2.O.V/c2*19-17-11-5-9-15(13-17)7-3-1-2-4-8-16-10-6-12-18(20)14-16;;/h2*1-2,5-6,9-14,19-20H;;/b2*2-1-;;. The summed E-state index contributed by atoms with van der Waals surface area (Å²) in [5, 5.41) is 37.1. The fourth-order valence-electron chi connectivity index (χ4n) is 3.00. The molecule has 42 heavy (non-hydrogen) atoms. The van der Waals surface area contributed by atoms with Gasteiger partial charge in [-0.1, -0.05) is 71.6 Å². The summed E-state index contributed by atoms with van der Waals surface area (Å²) in [6.45, 7) is 0. The van der Waals surface area contributed by atoms with Gasteiger partial charge in [-0.2, -0.15) is 0 Å². The molecule has 4 aromatic rings. The van der Waals surface area contributed by atoms with Gasteiger partial charge in [0.25, 0.3) is 0 Å². The fourth-order valence-corrected chi connectivity index (χ4v) is 3.00. The van der Waals surface area contributed by atoms with Crippen LogP contribution >= 0.6 is 0 Å². The number of rotatable bonds is 0. The van der Waals surface area contributed by atoms with Gasteiger partial charge in [-0.3, -0.25) is 0 Å². The summed E-state index contributed by atoms with van der Waals surface area (Å²) in [4.78, 5) is 0. The maximum atomic E-state index is 9.27. The van der Waals surface area contributed by atoms with Crippen molar-refractivity contribution in [3.8, 4) is 70.4 Å². The van der Waals surface area contributed by atoms with E-state index in [1.165, 1.54) is 0 Å². The SMILES string of the molecule is Oc1cccc(C#C/C=C\C#Cc2cccc(O)c2)c1.Oc1cccc(C#C/C=C\C#Cc2cccc(O)c2)c1.[O]=[V]. The van der Waals surface area contributed by atoms with Crippen LogP contribution in [0.4, 0.5) is 0 Å². The average molecular weight is 588 g/mol. The number of allylic oxidation sites excluding steroid dienone is 4. The first-order valence-corrected chi connectivity index (χ1v) is 12.8. The molecule has 0 saturated carbocycles. The van der Waals surface area contributed by atoms with E-state index in [0.29, 0.717) is 0 Å². The maximum absolute atomic E-state index is 9.27. The first kappa shape index (κ1) is 32.4. The molecule has 5 nitrogen and oxygen atoms in total. The van der Waals surface area contributed by atoms with Crippen LogP contribution in [0.15, 0.2) is 121 Å². The third-order valence-electron chi connectivity index (χ3n) is 4.75. The fraction of sp³-hybridized carbons (Fsp3) is 0. The van der Waals surface area contributed by atoms with Crippen LogP contribution in [0.1, 0.15) is 22.3 Å². The van der Waals surface area contributed by atoms with Crippen LogP contribution in [0.5, 0.6) is 23.0 Å². The average Bonchev–Trinajstić information content (AvgIpc) is 2.98. The Balaban J connectivity index is 0.000000277. The van der Waals surface area contributed by atoms with Gasteiger partial charge < -0.3 is 20.4 Å². The summed E-state index contributed by atoms with van der Waals surface area (Å²) in [6.07, 6.45) is 6.55. The number of phenols is 4. The molecule has 0 aliphatic heterocycles. The summed E-state index contributed by atoms with van der Waals surface area (Å²) in [7, 11) is 0. The van der Waals surface area contributed by atoms with Crippen LogP contribution in [0.3, 0.4) is 0 Å². The third-order valence-corrected chi connectivity index (χ3v) is 4.75. The van der Waals surface area contributed by atoms with E-state index in [0.717, 1.165) is 39.6 Å².